The van der Waals surface area contributed by atoms with Crippen molar-refractivity contribution in [2.75, 3.05) is 18.8 Å². The van der Waals surface area contributed by atoms with Gasteiger partial charge in [-0.25, -0.2) is 12.7 Å². The van der Waals surface area contributed by atoms with Crippen molar-refractivity contribution in [1.82, 2.24) is 4.31 Å². The summed E-state index contributed by atoms with van der Waals surface area (Å²) in [7, 11) is -2.98. The van der Waals surface area contributed by atoms with Gasteiger partial charge in [-0.1, -0.05) is 6.07 Å². The highest BCUT2D eigenvalue weighted by molar-refractivity contribution is 7.99. The number of sulfonamides is 1. The van der Waals surface area contributed by atoms with Gasteiger partial charge in [-0.15, -0.1) is 11.3 Å². The highest BCUT2D eigenvalue weighted by Crippen LogP contribution is 2.39. The normalized spacial score (nSPS) is 27.0. The lowest BCUT2D eigenvalue weighted by atomic mass is 10.2. The Kier molecular flexibility index (Phi) is 3.71. The first-order valence-electron chi connectivity index (χ1n) is 6.32. The second kappa shape index (κ2) is 5.15. The van der Waals surface area contributed by atoms with E-state index in [0.29, 0.717) is 18.3 Å². The summed E-state index contributed by atoms with van der Waals surface area (Å²) in [6, 6.07) is 4.23. The Hall–Kier alpha value is -0.0400. The highest BCUT2D eigenvalue weighted by Gasteiger charge is 2.40. The predicted molar refractivity (Wildman–Crippen MR) is 77.6 cm³/mol. The van der Waals surface area contributed by atoms with Crippen LogP contribution < -0.4 is 0 Å². The molecule has 0 spiro atoms. The maximum atomic E-state index is 12.2. The fraction of sp³-hybridized carbons (Fsp3) is 0.667. The van der Waals surface area contributed by atoms with Gasteiger partial charge in [-0.2, -0.15) is 11.8 Å². The highest BCUT2D eigenvalue weighted by atomic mass is 32.2. The summed E-state index contributed by atoms with van der Waals surface area (Å²) in [4.78, 5) is 1.38. The van der Waals surface area contributed by atoms with Crippen molar-refractivity contribution in [3.63, 3.8) is 0 Å². The smallest absolute Gasteiger partial charge is 0.212 e. The van der Waals surface area contributed by atoms with E-state index in [1.165, 1.54) is 4.88 Å². The zero-order valence-electron chi connectivity index (χ0n) is 10.1. The van der Waals surface area contributed by atoms with E-state index in [2.05, 4.69) is 17.5 Å². The molecule has 1 saturated heterocycles. The standard InChI is InChI=1S/C12H17NO2S3/c14-18(15,10-3-4-10)13-6-5-12(17-9-7-13)11-2-1-8-16-11/h1-2,8,10,12H,3-7,9H2/t12-/m1/s1. The van der Waals surface area contributed by atoms with Crippen molar-refractivity contribution in [1.29, 1.82) is 0 Å². The first kappa shape index (κ1) is 13.0. The number of thioether (sulfide) groups is 1. The fourth-order valence-corrected chi connectivity index (χ4v) is 6.49. The molecular formula is C12H17NO2S3. The minimum absolute atomic E-state index is 0.0687. The van der Waals surface area contributed by atoms with E-state index in [4.69, 9.17) is 0 Å². The van der Waals surface area contributed by atoms with Crippen molar-refractivity contribution in [3.05, 3.63) is 22.4 Å². The van der Waals surface area contributed by atoms with Crippen LogP contribution >= 0.6 is 23.1 Å². The third kappa shape index (κ3) is 2.61. The lowest BCUT2D eigenvalue weighted by molar-refractivity contribution is 0.427. The number of thiophene rings is 1. The molecule has 0 aromatic carbocycles. The van der Waals surface area contributed by atoms with Crippen molar-refractivity contribution in [2.24, 2.45) is 0 Å². The minimum Gasteiger partial charge on any atom is -0.212 e. The molecule has 1 aromatic heterocycles. The Morgan fingerprint density at radius 3 is 2.72 bits per heavy atom. The second-order valence-electron chi connectivity index (χ2n) is 4.81. The van der Waals surface area contributed by atoms with Gasteiger partial charge in [0.25, 0.3) is 0 Å². The molecule has 0 N–H and O–H groups in total. The number of rotatable bonds is 3. The molecule has 2 heterocycles. The predicted octanol–water partition coefficient (Wildman–Crippen LogP) is 2.72. The topological polar surface area (TPSA) is 37.4 Å². The van der Waals surface area contributed by atoms with Crippen molar-refractivity contribution in [3.8, 4) is 0 Å². The molecule has 0 unspecified atom stereocenters. The van der Waals surface area contributed by atoms with Crippen LogP contribution in [0.15, 0.2) is 17.5 Å². The first-order valence-corrected chi connectivity index (χ1v) is 9.75. The summed E-state index contributed by atoms with van der Waals surface area (Å²) in [5, 5.41) is 2.50. The van der Waals surface area contributed by atoms with Gasteiger partial charge in [0.15, 0.2) is 0 Å². The van der Waals surface area contributed by atoms with Gasteiger partial charge < -0.3 is 0 Å². The summed E-state index contributed by atoms with van der Waals surface area (Å²) >= 11 is 3.68. The van der Waals surface area contributed by atoms with E-state index in [0.717, 1.165) is 25.0 Å². The number of hydrogen-bond acceptors (Lipinski definition) is 4. The van der Waals surface area contributed by atoms with Crippen LogP contribution in [-0.4, -0.2) is 36.8 Å². The molecule has 1 saturated carbocycles. The summed E-state index contributed by atoms with van der Waals surface area (Å²) < 4.78 is 26.2. The Labute approximate surface area is 117 Å². The van der Waals surface area contributed by atoms with E-state index < -0.39 is 10.0 Å². The monoisotopic (exact) mass is 303 g/mol. The molecule has 3 rings (SSSR count). The summed E-state index contributed by atoms with van der Waals surface area (Å²) in [5.41, 5.74) is 0. The Balaban J connectivity index is 1.68. The first-order chi connectivity index (χ1) is 8.68. The average molecular weight is 303 g/mol. The zero-order valence-corrected chi connectivity index (χ0v) is 12.6. The van der Waals surface area contributed by atoms with Crippen LogP contribution in [0, 0.1) is 0 Å². The molecule has 6 heteroatoms. The lowest BCUT2D eigenvalue weighted by Gasteiger charge is -2.19. The quantitative estimate of drug-likeness (QED) is 0.861. The van der Waals surface area contributed by atoms with Crippen LogP contribution in [0.4, 0.5) is 0 Å². The Bertz CT molecular complexity index is 493. The van der Waals surface area contributed by atoms with Crippen LogP contribution in [0.2, 0.25) is 0 Å². The van der Waals surface area contributed by atoms with Gasteiger partial charge in [0, 0.05) is 29.0 Å². The molecule has 1 atom stereocenters. The van der Waals surface area contributed by atoms with Gasteiger partial charge in [-0.05, 0) is 30.7 Å². The van der Waals surface area contributed by atoms with Crippen molar-refractivity contribution in [2.45, 2.75) is 29.8 Å². The van der Waals surface area contributed by atoms with Crippen LogP contribution in [0.5, 0.6) is 0 Å². The maximum absolute atomic E-state index is 12.2. The fourth-order valence-electron chi connectivity index (χ4n) is 2.28. The summed E-state index contributed by atoms with van der Waals surface area (Å²) in [5.74, 6) is 0.911. The third-order valence-electron chi connectivity index (χ3n) is 3.47. The van der Waals surface area contributed by atoms with Crippen molar-refractivity contribution >= 4 is 33.1 Å². The largest absolute Gasteiger partial charge is 0.217 e. The molecule has 0 amide bonds. The minimum atomic E-state index is -2.98. The van der Waals surface area contributed by atoms with Gasteiger partial charge in [0.1, 0.15) is 0 Å². The molecule has 1 aromatic rings. The van der Waals surface area contributed by atoms with Gasteiger partial charge in [-0.3, -0.25) is 0 Å². The summed E-state index contributed by atoms with van der Waals surface area (Å²) in [6.45, 7) is 1.37. The van der Waals surface area contributed by atoms with Crippen molar-refractivity contribution < 1.29 is 8.42 Å². The van der Waals surface area contributed by atoms with E-state index in [1.54, 1.807) is 15.6 Å². The summed E-state index contributed by atoms with van der Waals surface area (Å²) in [6.07, 6.45) is 2.66. The molecule has 3 nitrogen and oxygen atoms in total. The van der Waals surface area contributed by atoms with Gasteiger partial charge >= 0.3 is 0 Å². The lowest BCUT2D eigenvalue weighted by Crippen LogP contribution is -2.35. The Morgan fingerprint density at radius 2 is 2.06 bits per heavy atom. The molecule has 100 valence electrons. The molecule has 2 fully saturated rings. The number of nitrogens with zero attached hydrogens (tertiary/aromatic N) is 1. The van der Waals surface area contributed by atoms with E-state index in [1.807, 2.05) is 11.8 Å². The van der Waals surface area contributed by atoms with Crippen LogP contribution in [0.25, 0.3) is 0 Å². The van der Waals surface area contributed by atoms with Crippen LogP contribution in [0.1, 0.15) is 29.4 Å². The van der Waals surface area contributed by atoms with E-state index >= 15 is 0 Å². The van der Waals surface area contributed by atoms with Gasteiger partial charge in [0.2, 0.25) is 10.0 Å². The molecule has 0 radical (unpaired) electrons. The molecule has 1 aliphatic carbocycles. The molecule has 1 aliphatic heterocycles. The molecule has 2 aliphatic rings. The SMILES string of the molecule is O=S(=O)(C1CC1)N1CCS[C@@H](c2cccs2)CC1. The third-order valence-corrected chi connectivity index (χ3v) is 8.31. The van der Waals surface area contributed by atoms with Gasteiger partial charge in [0.05, 0.1) is 5.25 Å². The molecule has 0 bridgehead atoms. The number of hydrogen-bond donors (Lipinski definition) is 0. The van der Waals surface area contributed by atoms with E-state index in [9.17, 15) is 8.42 Å². The zero-order chi connectivity index (χ0) is 12.6. The van der Waals surface area contributed by atoms with Crippen LogP contribution in [-0.2, 0) is 10.0 Å². The van der Waals surface area contributed by atoms with E-state index in [-0.39, 0.29) is 5.25 Å². The second-order valence-corrected chi connectivity index (χ2v) is 9.31. The Morgan fingerprint density at radius 1 is 1.22 bits per heavy atom. The maximum Gasteiger partial charge on any atom is 0.217 e. The average Bonchev–Trinajstić information content (AvgIpc) is 3.13. The molecule has 18 heavy (non-hydrogen) atoms. The molecular weight excluding hydrogens is 286 g/mol. The van der Waals surface area contributed by atoms with Crippen LogP contribution in [0.3, 0.4) is 0 Å².